The normalized spacial score (nSPS) is 18.8. The molecule has 0 spiro atoms. The summed E-state index contributed by atoms with van der Waals surface area (Å²) in [5.74, 6) is 0.661. The summed E-state index contributed by atoms with van der Waals surface area (Å²) in [6.07, 6.45) is 9.89. The number of piperazine rings is 1. The van der Waals surface area contributed by atoms with Crippen LogP contribution in [0.15, 0.2) is 17.8 Å². The van der Waals surface area contributed by atoms with Crippen molar-refractivity contribution in [2.24, 2.45) is 0 Å². The largest absolute Gasteiger partial charge is 0.352 e. The minimum absolute atomic E-state index is 0.0705. The lowest BCUT2D eigenvalue weighted by Crippen LogP contribution is -2.45. The van der Waals surface area contributed by atoms with Gasteiger partial charge in [-0.3, -0.25) is 4.79 Å². The highest BCUT2D eigenvalue weighted by Crippen LogP contribution is 2.19. The number of nitrogens with one attached hydrogen (secondary N) is 1. The molecule has 25 heavy (non-hydrogen) atoms. The molecule has 2 aliphatic rings. The Bertz CT molecular complexity index is 635. The molecule has 0 saturated carbocycles. The van der Waals surface area contributed by atoms with Crippen LogP contribution in [0.1, 0.15) is 48.2 Å². The maximum atomic E-state index is 12.4. The van der Waals surface area contributed by atoms with Crippen LogP contribution in [-0.2, 0) is 0 Å². The zero-order valence-electron chi connectivity index (χ0n) is 15.4. The minimum Gasteiger partial charge on any atom is -0.352 e. The van der Waals surface area contributed by atoms with Gasteiger partial charge in [0.2, 0.25) is 5.95 Å². The van der Waals surface area contributed by atoms with Crippen molar-refractivity contribution >= 4 is 11.9 Å². The van der Waals surface area contributed by atoms with Crippen molar-refractivity contribution in [2.75, 3.05) is 44.7 Å². The molecule has 2 heterocycles. The van der Waals surface area contributed by atoms with Gasteiger partial charge in [0, 0.05) is 38.9 Å². The molecule has 0 radical (unpaired) electrons. The molecule has 3 rings (SSSR count). The van der Waals surface area contributed by atoms with E-state index in [4.69, 9.17) is 0 Å². The number of carbonyl (C=O) groups excluding carboxylic acids is 1. The Kier molecular flexibility index (Phi) is 6.02. The second-order valence-corrected chi connectivity index (χ2v) is 7.07. The van der Waals surface area contributed by atoms with E-state index < -0.39 is 0 Å². The van der Waals surface area contributed by atoms with Gasteiger partial charge in [-0.25, -0.2) is 9.97 Å². The SMILES string of the molecule is Cc1nc(N2CCN(C)CC2)ncc1C(=O)NCCC1=CCCCC1. The molecule has 1 aromatic heterocycles. The molecule has 1 fully saturated rings. The van der Waals surface area contributed by atoms with Crippen LogP contribution in [0.3, 0.4) is 0 Å². The van der Waals surface area contributed by atoms with Crippen molar-refractivity contribution in [1.29, 1.82) is 0 Å². The number of anilines is 1. The number of carbonyl (C=O) groups is 1. The number of hydrogen-bond donors (Lipinski definition) is 1. The molecular weight excluding hydrogens is 314 g/mol. The second-order valence-electron chi connectivity index (χ2n) is 7.07. The highest BCUT2D eigenvalue weighted by molar-refractivity contribution is 5.95. The first kappa shape index (κ1) is 17.9. The van der Waals surface area contributed by atoms with Gasteiger partial charge in [-0.15, -0.1) is 0 Å². The van der Waals surface area contributed by atoms with Gasteiger partial charge >= 0.3 is 0 Å². The summed E-state index contributed by atoms with van der Waals surface area (Å²) >= 11 is 0. The van der Waals surface area contributed by atoms with E-state index >= 15 is 0 Å². The van der Waals surface area contributed by atoms with Gasteiger partial charge in [0.05, 0.1) is 11.3 Å². The fourth-order valence-corrected chi connectivity index (χ4v) is 3.40. The van der Waals surface area contributed by atoms with Gasteiger partial charge in [-0.1, -0.05) is 11.6 Å². The Morgan fingerprint density at radius 2 is 2.04 bits per heavy atom. The van der Waals surface area contributed by atoms with Crippen LogP contribution in [0, 0.1) is 6.92 Å². The van der Waals surface area contributed by atoms with E-state index in [1.807, 2.05) is 6.92 Å². The second kappa shape index (κ2) is 8.43. The zero-order chi connectivity index (χ0) is 17.6. The monoisotopic (exact) mass is 343 g/mol. The van der Waals surface area contributed by atoms with Crippen molar-refractivity contribution in [3.05, 3.63) is 29.1 Å². The standard InChI is InChI=1S/C19H29N5O/c1-15-17(18(25)20-9-8-16-6-4-3-5-7-16)14-21-19(22-15)24-12-10-23(2)11-13-24/h6,14H,3-5,7-13H2,1-2H3,(H,20,25). The molecule has 6 nitrogen and oxygen atoms in total. The van der Waals surface area contributed by atoms with E-state index in [0.29, 0.717) is 12.1 Å². The molecular formula is C19H29N5O. The van der Waals surface area contributed by atoms with Crippen LogP contribution in [0.2, 0.25) is 0 Å². The Morgan fingerprint density at radius 1 is 1.24 bits per heavy atom. The van der Waals surface area contributed by atoms with E-state index in [1.165, 1.54) is 31.3 Å². The molecule has 136 valence electrons. The van der Waals surface area contributed by atoms with Gasteiger partial charge < -0.3 is 15.1 Å². The molecule has 0 bridgehead atoms. The lowest BCUT2D eigenvalue weighted by Gasteiger charge is -2.32. The maximum Gasteiger partial charge on any atom is 0.254 e. The van der Waals surface area contributed by atoms with E-state index in [-0.39, 0.29) is 5.91 Å². The molecule has 1 aromatic rings. The number of aromatic nitrogens is 2. The number of hydrogen-bond acceptors (Lipinski definition) is 5. The lowest BCUT2D eigenvalue weighted by atomic mass is 9.97. The van der Waals surface area contributed by atoms with Crippen LogP contribution < -0.4 is 10.2 Å². The van der Waals surface area contributed by atoms with Gasteiger partial charge in [0.1, 0.15) is 0 Å². The van der Waals surface area contributed by atoms with Crippen LogP contribution >= 0.6 is 0 Å². The molecule has 1 aliphatic carbocycles. The number of nitrogens with zero attached hydrogens (tertiary/aromatic N) is 4. The molecule has 1 saturated heterocycles. The molecule has 0 atom stereocenters. The summed E-state index contributed by atoms with van der Waals surface area (Å²) in [5, 5.41) is 3.01. The first-order valence-corrected chi connectivity index (χ1v) is 9.37. The van der Waals surface area contributed by atoms with Gasteiger partial charge in [-0.05, 0) is 46.1 Å². The summed E-state index contributed by atoms with van der Waals surface area (Å²) in [6.45, 7) is 6.46. The lowest BCUT2D eigenvalue weighted by molar-refractivity contribution is 0.0952. The van der Waals surface area contributed by atoms with Gasteiger partial charge in [-0.2, -0.15) is 0 Å². The number of allylic oxidation sites excluding steroid dienone is 1. The molecule has 0 unspecified atom stereocenters. The summed E-state index contributed by atoms with van der Waals surface area (Å²) in [6, 6.07) is 0. The Morgan fingerprint density at radius 3 is 2.72 bits per heavy atom. The quantitative estimate of drug-likeness (QED) is 0.830. The van der Waals surface area contributed by atoms with Gasteiger partial charge in [0.25, 0.3) is 5.91 Å². The summed E-state index contributed by atoms with van der Waals surface area (Å²) < 4.78 is 0. The van der Waals surface area contributed by atoms with Crippen LogP contribution in [0.4, 0.5) is 5.95 Å². The van der Waals surface area contributed by atoms with E-state index in [9.17, 15) is 4.79 Å². The molecule has 0 aromatic carbocycles. The van der Waals surface area contributed by atoms with Crippen LogP contribution in [0.25, 0.3) is 0 Å². The van der Waals surface area contributed by atoms with Crippen LogP contribution in [0.5, 0.6) is 0 Å². The molecule has 6 heteroatoms. The van der Waals surface area contributed by atoms with Crippen molar-refractivity contribution < 1.29 is 4.79 Å². The van der Waals surface area contributed by atoms with E-state index in [0.717, 1.165) is 44.2 Å². The van der Waals surface area contributed by atoms with E-state index in [2.05, 4.69) is 38.2 Å². The maximum absolute atomic E-state index is 12.4. The minimum atomic E-state index is -0.0705. The predicted octanol–water partition coefficient (Wildman–Crippen LogP) is 2.16. The number of amides is 1. The number of rotatable bonds is 5. The first-order valence-electron chi connectivity index (χ1n) is 9.37. The van der Waals surface area contributed by atoms with Crippen molar-refractivity contribution in [2.45, 2.75) is 39.0 Å². The van der Waals surface area contributed by atoms with Crippen LogP contribution in [-0.4, -0.2) is 60.5 Å². The number of aryl methyl sites for hydroxylation is 1. The average molecular weight is 343 g/mol. The highest BCUT2D eigenvalue weighted by atomic mass is 16.1. The summed E-state index contributed by atoms with van der Waals surface area (Å²) in [4.78, 5) is 25.9. The molecule has 1 amide bonds. The smallest absolute Gasteiger partial charge is 0.254 e. The fraction of sp³-hybridized carbons (Fsp3) is 0.632. The third kappa shape index (κ3) is 4.78. The molecule has 1 N–H and O–H groups in total. The Balaban J connectivity index is 1.54. The van der Waals surface area contributed by atoms with Crippen molar-refractivity contribution in [1.82, 2.24) is 20.2 Å². The zero-order valence-corrected chi connectivity index (χ0v) is 15.4. The highest BCUT2D eigenvalue weighted by Gasteiger charge is 2.18. The summed E-state index contributed by atoms with van der Waals surface area (Å²) in [7, 11) is 2.13. The predicted molar refractivity (Wildman–Crippen MR) is 100.0 cm³/mol. The fourth-order valence-electron chi connectivity index (χ4n) is 3.40. The van der Waals surface area contributed by atoms with Gasteiger partial charge in [0.15, 0.2) is 0 Å². The van der Waals surface area contributed by atoms with E-state index in [1.54, 1.807) is 6.20 Å². The molecule has 1 aliphatic heterocycles. The first-order chi connectivity index (χ1) is 12.1. The third-order valence-electron chi connectivity index (χ3n) is 5.11. The van der Waals surface area contributed by atoms with Crippen molar-refractivity contribution in [3.8, 4) is 0 Å². The Labute approximate surface area is 150 Å². The summed E-state index contributed by atoms with van der Waals surface area (Å²) in [5.41, 5.74) is 2.80. The Hall–Kier alpha value is -1.95. The topological polar surface area (TPSA) is 61.4 Å². The van der Waals surface area contributed by atoms with Crippen molar-refractivity contribution in [3.63, 3.8) is 0 Å². The third-order valence-corrected chi connectivity index (χ3v) is 5.11. The average Bonchev–Trinajstić information content (AvgIpc) is 2.63. The number of likely N-dealkylation sites (N-methyl/N-ethyl adjacent to an activating group) is 1.